The summed E-state index contributed by atoms with van der Waals surface area (Å²) in [7, 11) is -7.69. The number of hydrogen-bond donors (Lipinski definition) is 2. The van der Waals surface area contributed by atoms with Gasteiger partial charge in [0.05, 0.1) is 11.4 Å². The molecule has 0 radical (unpaired) electrons. The molecule has 1 rings (SSSR count). The van der Waals surface area contributed by atoms with Crippen molar-refractivity contribution in [3.05, 3.63) is 18.3 Å². The van der Waals surface area contributed by atoms with Gasteiger partial charge in [0.25, 0.3) is 10.0 Å². The number of anilines is 1. The van der Waals surface area contributed by atoms with Crippen molar-refractivity contribution in [1.82, 2.24) is 4.98 Å². The molecular weight excluding hydrogens is 314 g/mol. The number of aromatic nitrogens is 1. The van der Waals surface area contributed by atoms with Crippen molar-refractivity contribution < 1.29 is 16.8 Å². The minimum Gasteiger partial charge on any atom is -0.281 e. The number of unbranched alkanes of at least 4 members (excludes halogenated alkanes) is 4. The molecule has 0 aliphatic rings. The average molecular weight is 335 g/mol. The van der Waals surface area contributed by atoms with Crippen LogP contribution in [0.4, 0.5) is 5.69 Å². The van der Waals surface area contributed by atoms with Gasteiger partial charge in [-0.3, -0.25) is 4.72 Å². The standard InChI is InChI=1S/C12H21N3O4S2/c1-2-3-4-5-6-10-20(16,17)15-11-8-7-9-14-12(11)21(13,18)19/h7-9,15H,2-6,10H2,1H3,(H2,13,18,19). The van der Waals surface area contributed by atoms with Gasteiger partial charge in [0.2, 0.25) is 10.0 Å². The third-order valence-electron chi connectivity index (χ3n) is 2.82. The van der Waals surface area contributed by atoms with Crippen LogP contribution < -0.4 is 9.86 Å². The summed E-state index contributed by atoms with van der Waals surface area (Å²) < 4.78 is 48.8. The highest BCUT2D eigenvalue weighted by atomic mass is 32.2. The number of primary sulfonamides is 1. The van der Waals surface area contributed by atoms with Gasteiger partial charge in [0.1, 0.15) is 0 Å². The lowest BCUT2D eigenvalue weighted by atomic mass is 10.2. The highest BCUT2D eigenvalue weighted by molar-refractivity contribution is 7.93. The van der Waals surface area contributed by atoms with Gasteiger partial charge in [-0.05, 0) is 18.6 Å². The van der Waals surface area contributed by atoms with E-state index in [-0.39, 0.29) is 11.4 Å². The first-order chi connectivity index (χ1) is 9.76. The lowest BCUT2D eigenvalue weighted by Crippen LogP contribution is -2.21. The average Bonchev–Trinajstić information content (AvgIpc) is 2.37. The van der Waals surface area contributed by atoms with E-state index in [1.165, 1.54) is 18.3 Å². The highest BCUT2D eigenvalue weighted by Gasteiger charge is 2.19. The van der Waals surface area contributed by atoms with Crippen LogP contribution in [-0.2, 0) is 20.0 Å². The van der Waals surface area contributed by atoms with E-state index in [1.807, 2.05) is 0 Å². The van der Waals surface area contributed by atoms with Crippen LogP contribution in [0.25, 0.3) is 0 Å². The molecular formula is C12H21N3O4S2. The van der Waals surface area contributed by atoms with Gasteiger partial charge in [-0.25, -0.2) is 27.0 Å². The van der Waals surface area contributed by atoms with E-state index in [4.69, 9.17) is 5.14 Å². The van der Waals surface area contributed by atoms with E-state index in [9.17, 15) is 16.8 Å². The number of nitrogens with zero attached hydrogens (tertiary/aromatic N) is 1. The van der Waals surface area contributed by atoms with Crippen molar-refractivity contribution >= 4 is 25.7 Å². The van der Waals surface area contributed by atoms with Crippen LogP contribution in [0.2, 0.25) is 0 Å². The van der Waals surface area contributed by atoms with Crippen molar-refractivity contribution in [2.75, 3.05) is 10.5 Å². The third kappa shape index (κ3) is 6.40. The smallest absolute Gasteiger partial charge is 0.257 e. The van der Waals surface area contributed by atoms with E-state index in [0.717, 1.165) is 25.7 Å². The van der Waals surface area contributed by atoms with Crippen LogP contribution in [0.1, 0.15) is 39.0 Å². The molecule has 0 spiro atoms. The van der Waals surface area contributed by atoms with Crippen molar-refractivity contribution in [2.45, 2.75) is 44.1 Å². The lowest BCUT2D eigenvalue weighted by molar-refractivity contribution is 0.591. The van der Waals surface area contributed by atoms with Gasteiger partial charge >= 0.3 is 0 Å². The number of nitrogens with one attached hydrogen (secondary N) is 1. The fraction of sp³-hybridized carbons (Fsp3) is 0.583. The zero-order valence-electron chi connectivity index (χ0n) is 11.9. The molecule has 0 unspecified atom stereocenters. The summed E-state index contributed by atoms with van der Waals surface area (Å²) in [5.41, 5.74) is -0.117. The van der Waals surface area contributed by atoms with Crippen molar-refractivity contribution in [2.24, 2.45) is 5.14 Å². The molecule has 21 heavy (non-hydrogen) atoms. The summed E-state index contributed by atoms with van der Waals surface area (Å²) in [5.74, 6) is -0.0599. The molecule has 0 fully saturated rings. The molecule has 3 N–H and O–H groups in total. The maximum atomic E-state index is 11.9. The zero-order valence-corrected chi connectivity index (χ0v) is 13.6. The summed E-state index contributed by atoms with van der Waals surface area (Å²) in [4.78, 5) is 3.62. The Morgan fingerprint density at radius 3 is 2.43 bits per heavy atom. The van der Waals surface area contributed by atoms with Gasteiger partial charge in [-0.15, -0.1) is 0 Å². The maximum absolute atomic E-state index is 11.9. The Bertz CT molecular complexity index is 657. The topological polar surface area (TPSA) is 119 Å². The number of pyridine rings is 1. The van der Waals surface area contributed by atoms with Gasteiger partial charge in [-0.2, -0.15) is 0 Å². The molecule has 0 aliphatic heterocycles. The zero-order chi connectivity index (χ0) is 15.9. The first-order valence-electron chi connectivity index (χ1n) is 6.74. The van der Waals surface area contributed by atoms with Gasteiger partial charge in [-0.1, -0.05) is 32.6 Å². The van der Waals surface area contributed by atoms with Crippen LogP contribution in [0.5, 0.6) is 0 Å². The molecule has 0 bridgehead atoms. The minimum absolute atomic E-state index is 0.0599. The molecule has 1 aromatic rings. The summed E-state index contributed by atoms with van der Waals surface area (Å²) >= 11 is 0. The minimum atomic E-state index is -4.08. The largest absolute Gasteiger partial charge is 0.281 e. The van der Waals surface area contributed by atoms with E-state index in [1.54, 1.807) is 0 Å². The number of sulfonamides is 2. The number of hydrogen-bond acceptors (Lipinski definition) is 5. The normalized spacial score (nSPS) is 12.3. The molecule has 9 heteroatoms. The van der Waals surface area contributed by atoms with E-state index >= 15 is 0 Å². The Morgan fingerprint density at radius 2 is 1.81 bits per heavy atom. The summed E-state index contributed by atoms with van der Waals surface area (Å²) in [6.07, 6.45) is 5.73. The second-order valence-electron chi connectivity index (χ2n) is 4.74. The Balaban J connectivity index is 2.72. The monoisotopic (exact) mass is 335 g/mol. The summed E-state index contributed by atoms with van der Waals surface area (Å²) in [6, 6.07) is 2.76. The van der Waals surface area contributed by atoms with Crippen molar-refractivity contribution in [3.63, 3.8) is 0 Å². The van der Waals surface area contributed by atoms with Crippen LogP contribution >= 0.6 is 0 Å². The fourth-order valence-corrected chi connectivity index (χ4v) is 3.69. The van der Waals surface area contributed by atoms with Crippen LogP contribution in [0.3, 0.4) is 0 Å². The molecule has 0 saturated heterocycles. The molecule has 0 aliphatic carbocycles. The summed E-state index contributed by atoms with van der Waals surface area (Å²) in [6.45, 7) is 2.08. The predicted molar refractivity (Wildman–Crippen MR) is 81.8 cm³/mol. The Morgan fingerprint density at radius 1 is 1.14 bits per heavy atom. The molecule has 0 atom stereocenters. The van der Waals surface area contributed by atoms with Crippen LogP contribution in [0.15, 0.2) is 23.4 Å². The second kappa shape index (κ2) is 7.71. The van der Waals surface area contributed by atoms with Gasteiger partial charge in [0, 0.05) is 6.20 Å². The molecule has 0 amide bonds. The molecule has 120 valence electrons. The fourth-order valence-electron chi connectivity index (χ4n) is 1.81. The second-order valence-corrected chi connectivity index (χ2v) is 8.05. The predicted octanol–water partition coefficient (Wildman–Crippen LogP) is 1.44. The number of rotatable bonds is 9. The lowest BCUT2D eigenvalue weighted by Gasteiger charge is -2.10. The molecule has 1 aromatic heterocycles. The molecule has 0 saturated carbocycles. The van der Waals surface area contributed by atoms with E-state index in [0.29, 0.717) is 6.42 Å². The van der Waals surface area contributed by atoms with Gasteiger partial charge < -0.3 is 0 Å². The SMILES string of the molecule is CCCCCCCS(=O)(=O)Nc1cccnc1S(N)(=O)=O. The molecule has 1 heterocycles. The maximum Gasteiger partial charge on any atom is 0.257 e. The Kier molecular flexibility index (Phi) is 6.56. The highest BCUT2D eigenvalue weighted by Crippen LogP contribution is 2.18. The van der Waals surface area contributed by atoms with E-state index in [2.05, 4.69) is 16.6 Å². The first kappa shape index (κ1) is 17.9. The van der Waals surface area contributed by atoms with Crippen LogP contribution in [-0.4, -0.2) is 27.6 Å². The quantitative estimate of drug-likeness (QED) is 0.662. The first-order valence-corrected chi connectivity index (χ1v) is 9.94. The van der Waals surface area contributed by atoms with E-state index < -0.39 is 25.1 Å². The molecule has 0 aromatic carbocycles. The Hall–Kier alpha value is -1.19. The van der Waals surface area contributed by atoms with Gasteiger partial charge in [0.15, 0.2) is 5.03 Å². The summed E-state index contributed by atoms with van der Waals surface area (Å²) in [5, 5.41) is 4.53. The van der Waals surface area contributed by atoms with Crippen LogP contribution in [0, 0.1) is 0 Å². The third-order valence-corrected chi connectivity index (χ3v) is 5.04. The molecule has 7 nitrogen and oxygen atoms in total. The Labute approximate surface area is 126 Å². The van der Waals surface area contributed by atoms with Crippen molar-refractivity contribution in [1.29, 1.82) is 0 Å². The number of nitrogens with two attached hydrogens (primary N) is 1. The van der Waals surface area contributed by atoms with Crippen molar-refractivity contribution in [3.8, 4) is 0 Å².